The van der Waals surface area contributed by atoms with Crippen LogP contribution < -0.4 is 10.1 Å². The maximum atomic E-state index is 12.7. The summed E-state index contributed by atoms with van der Waals surface area (Å²) in [6.07, 6.45) is 1.60. The zero-order valence-electron chi connectivity index (χ0n) is 16.2. The number of amides is 1. The van der Waals surface area contributed by atoms with Crippen molar-refractivity contribution in [3.63, 3.8) is 0 Å². The summed E-state index contributed by atoms with van der Waals surface area (Å²) in [4.78, 5) is 24.2. The molecular weight excluding hydrogens is 358 g/mol. The van der Waals surface area contributed by atoms with Crippen LogP contribution in [0, 0.1) is 0 Å². The van der Waals surface area contributed by atoms with Gasteiger partial charge in [-0.15, -0.1) is 0 Å². The van der Waals surface area contributed by atoms with Crippen molar-refractivity contribution in [1.29, 1.82) is 0 Å². The van der Waals surface area contributed by atoms with Crippen molar-refractivity contribution in [3.8, 4) is 5.75 Å². The van der Waals surface area contributed by atoms with Gasteiger partial charge in [-0.05, 0) is 43.2 Å². The van der Waals surface area contributed by atoms with Gasteiger partial charge in [0.1, 0.15) is 5.75 Å². The lowest BCUT2D eigenvalue weighted by Gasteiger charge is -2.38. The highest BCUT2D eigenvalue weighted by Gasteiger charge is 2.37. The van der Waals surface area contributed by atoms with Gasteiger partial charge in [0.2, 0.25) is 0 Å². The van der Waals surface area contributed by atoms with Gasteiger partial charge in [0.05, 0.1) is 19.8 Å². The SMILES string of the molecule is COC(=O)c1ccc(C(=O)NCC2(c3ccccc3OC)CCOCC2)cc1. The summed E-state index contributed by atoms with van der Waals surface area (Å²) in [6, 6.07) is 14.4. The van der Waals surface area contributed by atoms with E-state index >= 15 is 0 Å². The lowest BCUT2D eigenvalue weighted by molar-refractivity contribution is 0.0479. The number of hydrogen-bond donors (Lipinski definition) is 1. The maximum absolute atomic E-state index is 12.7. The summed E-state index contributed by atoms with van der Waals surface area (Å²) >= 11 is 0. The van der Waals surface area contributed by atoms with Crippen molar-refractivity contribution in [2.24, 2.45) is 0 Å². The summed E-state index contributed by atoms with van der Waals surface area (Å²) in [5.41, 5.74) is 1.75. The van der Waals surface area contributed by atoms with E-state index in [-0.39, 0.29) is 11.3 Å². The van der Waals surface area contributed by atoms with Crippen molar-refractivity contribution in [3.05, 3.63) is 65.2 Å². The predicted molar refractivity (Wildman–Crippen MR) is 105 cm³/mol. The van der Waals surface area contributed by atoms with Crippen LogP contribution in [0.1, 0.15) is 39.1 Å². The second kappa shape index (κ2) is 8.89. The van der Waals surface area contributed by atoms with Gasteiger partial charge in [0.15, 0.2) is 0 Å². The van der Waals surface area contributed by atoms with Crippen LogP contribution in [0.4, 0.5) is 0 Å². The fourth-order valence-corrected chi connectivity index (χ4v) is 3.61. The molecule has 0 saturated carbocycles. The molecule has 2 aromatic rings. The Morgan fingerprint density at radius 3 is 2.29 bits per heavy atom. The monoisotopic (exact) mass is 383 g/mol. The fourth-order valence-electron chi connectivity index (χ4n) is 3.61. The Morgan fingerprint density at radius 2 is 1.64 bits per heavy atom. The van der Waals surface area contributed by atoms with Gasteiger partial charge in [0, 0.05) is 36.3 Å². The Morgan fingerprint density at radius 1 is 1.00 bits per heavy atom. The molecule has 28 heavy (non-hydrogen) atoms. The van der Waals surface area contributed by atoms with Gasteiger partial charge in [-0.2, -0.15) is 0 Å². The van der Waals surface area contributed by atoms with E-state index in [4.69, 9.17) is 9.47 Å². The van der Waals surface area contributed by atoms with Crippen LogP contribution in [0.3, 0.4) is 0 Å². The molecule has 0 atom stereocenters. The molecule has 6 nitrogen and oxygen atoms in total. The number of para-hydroxylation sites is 1. The number of hydrogen-bond acceptors (Lipinski definition) is 5. The topological polar surface area (TPSA) is 73.9 Å². The third-order valence-electron chi connectivity index (χ3n) is 5.28. The first-order chi connectivity index (χ1) is 13.6. The summed E-state index contributed by atoms with van der Waals surface area (Å²) in [7, 11) is 2.99. The van der Waals surface area contributed by atoms with Crippen molar-refractivity contribution in [2.45, 2.75) is 18.3 Å². The fraction of sp³-hybridized carbons (Fsp3) is 0.364. The minimum absolute atomic E-state index is 0.183. The van der Waals surface area contributed by atoms with E-state index < -0.39 is 5.97 Å². The molecule has 1 aliphatic heterocycles. The molecule has 1 saturated heterocycles. The standard InChI is InChI=1S/C22H25NO5/c1-26-19-6-4-3-5-18(19)22(11-13-28-14-12-22)15-23-20(24)16-7-9-17(10-8-16)21(25)27-2/h3-10H,11-15H2,1-2H3,(H,23,24). The van der Waals surface area contributed by atoms with Gasteiger partial charge >= 0.3 is 5.97 Å². The number of benzene rings is 2. The molecule has 0 aromatic heterocycles. The van der Waals surface area contributed by atoms with Crippen LogP contribution in [0.15, 0.2) is 48.5 Å². The van der Waals surface area contributed by atoms with Crippen molar-refractivity contribution < 1.29 is 23.8 Å². The van der Waals surface area contributed by atoms with Crippen LogP contribution in [0.25, 0.3) is 0 Å². The summed E-state index contributed by atoms with van der Waals surface area (Å²) < 4.78 is 15.8. The lowest BCUT2D eigenvalue weighted by atomic mass is 9.73. The van der Waals surface area contributed by atoms with Gasteiger partial charge < -0.3 is 19.5 Å². The van der Waals surface area contributed by atoms with Crippen LogP contribution in [-0.4, -0.2) is 45.9 Å². The van der Waals surface area contributed by atoms with Gasteiger partial charge in [-0.1, -0.05) is 18.2 Å². The largest absolute Gasteiger partial charge is 0.496 e. The summed E-state index contributed by atoms with van der Waals surface area (Å²) in [6.45, 7) is 1.76. The molecule has 0 spiro atoms. The zero-order chi connectivity index (χ0) is 20.0. The molecule has 148 valence electrons. The molecule has 6 heteroatoms. The molecular formula is C22H25NO5. The molecule has 3 rings (SSSR count). The minimum Gasteiger partial charge on any atom is -0.496 e. The van der Waals surface area contributed by atoms with Gasteiger partial charge in [-0.25, -0.2) is 4.79 Å². The van der Waals surface area contributed by atoms with E-state index in [0.717, 1.165) is 24.2 Å². The highest BCUT2D eigenvalue weighted by molar-refractivity contribution is 5.96. The first-order valence-corrected chi connectivity index (χ1v) is 9.27. The molecule has 0 aliphatic carbocycles. The Hall–Kier alpha value is -2.86. The van der Waals surface area contributed by atoms with Crippen molar-refractivity contribution in [2.75, 3.05) is 34.0 Å². The number of methoxy groups -OCH3 is 2. The maximum Gasteiger partial charge on any atom is 0.337 e. The smallest absolute Gasteiger partial charge is 0.337 e. The number of carbonyl (C=O) groups excluding carboxylic acids is 2. The third kappa shape index (κ3) is 4.17. The second-order valence-electron chi connectivity index (χ2n) is 6.84. The highest BCUT2D eigenvalue weighted by Crippen LogP contribution is 2.39. The molecule has 2 aromatic carbocycles. The number of esters is 1. The Kier molecular flexibility index (Phi) is 6.31. The van der Waals surface area contributed by atoms with E-state index in [1.807, 2.05) is 18.2 Å². The first-order valence-electron chi connectivity index (χ1n) is 9.27. The van der Waals surface area contributed by atoms with E-state index in [1.165, 1.54) is 7.11 Å². The molecule has 1 fully saturated rings. The van der Waals surface area contributed by atoms with E-state index in [1.54, 1.807) is 31.4 Å². The van der Waals surface area contributed by atoms with Crippen LogP contribution in [0.2, 0.25) is 0 Å². The number of carbonyl (C=O) groups is 2. The van der Waals surface area contributed by atoms with Gasteiger partial charge in [0.25, 0.3) is 5.91 Å². The first kappa shape index (κ1) is 19.9. The number of nitrogens with one attached hydrogen (secondary N) is 1. The average Bonchev–Trinajstić information content (AvgIpc) is 2.77. The molecule has 0 radical (unpaired) electrons. The number of rotatable bonds is 6. The number of ether oxygens (including phenoxy) is 3. The molecule has 1 amide bonds. The zero-order valence-corrected chi connectivity index (χ0v) is 16.2. The Balaban J connectivity index is 1.77. The predicted octanol–water partition coefficient (Wildman–Crippen LogP) is 2.96. The molecule has 0 bridgehead atoms. The van der Waals surface area contributed by atoms with Crippen LogP contribution in [-0.2, 0) is 14.9 Å². The highest BCUT2D eigenvalue weighted by atomic mass is 16.5. The Bertz CT molecular complexity index is 825. The van der Waals surface area contributed by atoms with E-state index in [2.05, 4.69) is 16.1 Å². The molecule has 1 heterocycles. The lowest BCUT2D eigenvalue weighted by Crippen LogP contribution is -2.44. The average molecular weight is 383 g/mol. The van der Waals surface area contributed by atoms with Crippen LogP contribution >= 0.6 is 0 Å². The van der Waals surface area contributed by atoms with E-state index in [0.29, 0.717) is 30.9 Å². The normalized spacial score (nSPS) is 15.5. The second-order valence-corrected chi connectivity index (χ2v) is 6.84. The molecule has 1 aliphatic rings. The summed E-state index contributed by atoms with van der Waals surface area (Å²) in [5.74, 6) is 0.211. The minimum atomic E-state index is -0.427. The summed E-state index contributed by atoms with van der Waals surface area (Å²) in [5, 5.41) is 3.06. The molecule has 1 N–H and O–H groups in total. The van der Waals surface area contributed by atoms with Crippen LogP contribution in [0.5, 0.6) is 5.75 Å². The third-order valence-corrected chi connectivity index (χ3v) is 5.28. The van der Waals surface area contributed by atoms with E-state index in [9.17, 15) is 9.59 Å². The Labute approximate surface area is 164 Å². The quantitative estimate of drug-likeness (QED) is 0.777. The molecule has 0 unspecified atom stereocenters. The van der Waals surface area contributed by atoms with Gasteiger partial charge in [-0.3, -0.25) is 4.79 Å². The van der Waals surface area contributed by atoms with Crippen molar-refractivity contribution in [1.82, 2.24) is 5.32 Å². The van der Waals surface area contributed by atoms with Crippen molar-refractivity contribution >= 4 is 11.9 Å².